The van der Waals surface area contributed by atoms with Crippen LogP contribution in [0.15, 0.2) is 121 Å². The topological polar surface area (TPSA) is 34.6 Å². The van der Waals surface area contributed by atoms with Crippen molar-refractivity contribution in [3.8, 4) is 6.07 Å². The maximum absolute atomic E-state index is 9.94. The van der Waals surface area contributed by atoms with Crippen LogP contribution >= 0.6 is 0 Å². The third kappa shape index (κ3) is 8.88. The quantitative estimate of drug-likeness (QED) is 0.0883. The van der Waals surface area contributed by atoms with Gasteiger partial charge in [-0.25, -0.2) is 4.85 Å². The van der Waals surface area contributed by atoms with Crippen molar-refractivity contribution in [3.63, 3.8) is 0 Å². The number of allylic oxidation sites excluding steroid dienone is 1. The third-order valence-corrected chi connectivity index (χ3v) is 7.98. The largest absolute Gasteiger partial charge is 0.378 e. The SMILES string of the molecule is [C-]#[N+]C(=Cc1ccc(C=Cc2ccc(N(C)C)cc2)cc1)c1ccc(C(C#N)=Cc2ccc(C=Cc3ccc(N(C)C)cc3)cc2)cc1. The second kappa shape index (κ2) is 15.8. The standard InChI is InChI=1S/C44H38N4/c1-46-44(31-38-16-12-34(13-17-38)7-9-36-20-28-43(29-21-36)48(4)5)40-24-22-39(23-25-40)41(32-45)30-37-14-10-33(11-15-37)6-8-35-18-26-42(27-19-35)47(2)3/h6-31H,2-5H3. The molecule has 0 aliphatic rings. The average Bonchev–Trinajstić information content (AvgIpc) is 3.12. The number of hydrogen-bond donors (Lipinski definition) is 0. The Morgan fingerprint density at radius 2 is 0.833 bits per heavy atom. The second-order valence-electron chi connectivity index (χ2n) is 11.9. The summed E-state index contributed by atoms with van der Waals surface area (Å²) in [6.07, 6.45) is 12.2. The van der Waals surface area contributed by atoms with Crippen LogP contribution in [0.4, 0.5) is 11.4 Å². The van der Waals surface area contributed by atoms with Gasteiger partial charge >= 0.3 is 0 Å². The maximum Gasteiger partial charge on any atom is 0.194 e. The molecule has 5 rings (SSSR count). The summed E-state index contributed by atoms with van der Waals surface area (Å²) in [5.74, 6) is 0. The van der Waals surface area contributed by atoms with E-state index < -0.39 is 0 Å². The molecule has 0 aliphatic carbocycles. The van der Waals surface area contributed by atoms with Crippen LogP contribution in [-0.2, 0) is 0 Å². The fourth-order valence-corrected chi connectivity index (χ4v) is 5.06. The first-order valence-corrected chi connectivity index (χ1v) is 15.7. The van der Waals surface area contributed by atoms with Gasteiger partial charge in [0.25, 0.3) is 0 Å². The molecule has 4 nitrogen and oxygen atoms in total. The van der Waals surface area contributed by atoms with Gasteiger partial charge in [-0.05, 0) is 80.9 Å². The molecule has 0 heterocycles. The van der Waals surface area contributed by atoms with Gasteiger partial charge in [-0.15, -0.1) is 0 Å². The van der Waals surface area contributed by atoms with E-state index in [0.717, 1.165) is 44.5 Å². The van der Waals surface area contributed by atoms with E-state index in [0.29, 0.717) is 11.3 Å². The molecule has 0 fully saturated rings. The molecule has 234 valence electrons. The van der Waals surface area contributed by atoms with E-state index in [-0.39, 0.29) is 0 Å². The summed E-state index contributed by atoms with van der Waals surface area (Å²) in [6, 6.07) is 43.1. The number of anilines is 2. The Kier molecular flexibility index (Phi) is 10.8. The summed E-state index contributed by atoms with van der Waals surface area (Å²) in [4.78, 5) is 7.96. The van der Waals surface area contributed by atoms with E-state index >= 15 is 0 Å². The van der Waals surface area contributed by atoms with Gasteiger partial charge in [-0.3, -0.25) is 0 Å². The van der Waals surface area contributed by atoms with Gasteiger partial charge in [-0.2, -0.15) is 5.26 Å². The molecular weight excluding hydrogens is 585 g/mol. The van der Waals surface area contributed by atoms with E-state index in [9.17, 15) is 5.26 Å². The molecule has 0 spiro atoms. The molecule has 0 unspecified atom stereocenters. The highest BCUT2D eigenvalue weighted by atomic mass is 15.1. The molecule has 5 aromatic carbocycles. The van der Waals surface area contributed by atoms with E-state index in [4.69, 9.17) is 6.57 Å². The molecular formula is C44H38N4. The van der Waals surface area contributed by atoms with Gasteiger partial charge in [0.05, 0.1) is 18.2 Å². The molecule has 4 heteroatoms. The van der Waals surface area contributed by atoms with Crippen LogP contribution in [0.2, 0.25) is 0 Å². The van der Waals surface area contributed by atoms with Crippen LogP contribution in [-0.4, -0.2) is 28.2 Å². The third-order valence-electron chi connectivity index (χ3n) is 7.98. The first-order chi connectivity index (χ1) is 23.3. The van der Waals surface area contributed by atoms with E-state index in [1.807, 2.05) is 101 Å². The lowest BCUT2D eigenvalue weighted by atomic mass is 10.00. The molecule has 0 bridgehead atoms. The zero-order valence-corrected chi connectivity index (χ0v) is 27.8. The van der Waals surface area contributed by atoms with Crippen molar-refractivity contribution >= 4 is 59.1 Å². The van der Waals surface area contributed by atoms with Crippen LogP contribution in [0.25, 0.3) is 52.6 Å². The highest BCUT2D eigenvalue weighted by molar-refractivity contribution is 5.91. The summed E-state index contributed by atoms with van der Waals surface area (Å²) in [6.45, 7) is 7.81. The lowest BCUT2D eigenvalue weighted by molar-refractivity contribution is 1.13. The fraction of sp³-hybridized carbons (Fsp3) is 0.0909. The highest BCUT2D eigenvalue weighted by Gasteiger charge is 2.06. The van der Waals surface area contributed by atoms with Crippen LogP contribution in [0, 0.1) is 17.9 Å². The molecule has 0 aromatic heterocycles. The van der Waals surface area contributed by atoms with Gasteiger partial charge in [0.2, 0.25) is 0 Å². The minimum absolute atomic E-state index is 0.547. The van der Waals surface area contributed by atoms with Crippen molar-refractivity contribution in [1.82, 2.24) is 0 Å². The number of hydrogen-bond acceptors (Lipinski definition) is 3. The molecule has 48 heavy (non-hydrogen) atoms. The smallest absolute Gasteiger partial charge is 0.194 e. The van der Waals surface area contributed by atoms with Gasteiger partial charge in [-0.1, -0.05) is 121 Å². The van der Waals surface area contributed by atoms with Gasteiger partial charge in [0.1, 0.15) is 0 Å². The Hall–Kier alpha value is -6.36. The number of rotatable bonds is 10. The summed E-state index contributed by atoms with van der Waals surface area (Å²) in [5.41, 5.74) is 11.4. The van der Waals surface area contributed by atoms with Crippen LogP contribution in [0.3, 0.4) is 0 Å². The van der Waals surface area contributed by atoms with Crippen LogP contribution in [0.1, 0.15) is 44.5 Å². The van der Waals surface area contributed by atoms with Crippen LogP contribution in [0.5, 0.6) is 0 Å². The minimum atomic E-state index is 0.547. The Bertz CT molecular complexity index is 1870. The molecule has 0 aliphatic heterocycles. The second-order valence-corrected chi connectivity index (χ2v) is 11.9. The average molecular weight is 623 g/mol. The van der Waals surface area contributed by atoms with Crippen molar-refractivity contribution < 1.29 is 0 Å². The van der Waals surface area contributed by atoms with Crippen molar-refractivity contribution in [2.75, 3.05) is 38.0 Å². The Morgan fingerprint density at radius 1 is 0.500 bits per heavy atom. The summed E-state index contributed by atoms with van der Waals surface area (Å²) >= 11 is 0. The minimum Gasteiger partial charge on any atom is -0.378 e. The Labute approximate surface area is 285 Å². The molecule has 0 saturated heterocycles. The Morgan fingerprint density at radius 3 is 1.19 bits per heavy atom. The zero-order valence-electron chi connectivity index (χ0n) is 27.8. The number of nitriles is 1. The highest BCUT2D eigenvalue weighted by Crippen LogP contribution is 2.25. The molecule has 0 atom stereocenters. The fourth-order valence-electron chi connectivity index (χ4n) is 5.06. The molecule has 0 radical (unpaired) electrons. The predicted molar refractivity (Wildman–Crippen MR) is 207 cm³/mol. The number of nitrogens with zero attached hydrogens (tertiary/aromatic N) is 4. The molecule has 0 amide bonds. The lowest BCUT2D eigenvalue weighted by Crippen LogP contribution is -2.07. The normalized spacial score (nSPS) is 11.8. The first-order valence-electron chi connectivity index (χ1n) is 15.7. The molecule has 5 aromatic rings. The first kappa shape index (κ1) is 33.0. The van der Waals surface area contributed by atoms with Crippen molar-refractivity contribution in [1.29, 1.82) is 5.26 Å². The predicted octanol–water partition coefficient (Wildman–Crippen LogP) is 10.6. The molecule has 0 N–H and O–H groups in total. The zero-order chi connectivity index (χ0) is 33.9. The van der Waals surface area contributed by atoms with E-state index in [2.05, 4.69) is 106 Å². The summed E-state index contributed by atoms with van der Waals surface area (Å²) < 4.78 is 0. The Balaban J connectivity index is 1.23. The number of benzene rings is 5. The van der Waals surface area contributed by atoms with Crippen molar-refractivity contribution in [2.45, 2.75) is 0 Å². The van der Waals surface area contributed by atoms with E-state index in [1.165, 1.54) is 11.4 Å². The molecule has 0 saturated carbocycles. The summed E-state index contributed by atoms with van der Waals surface area (Å²) in [5, 5.41) is 9.94. The maximum atomic E-state index is 9.94. The van der Waals surface area contributed by atoms with Crippen molar-refractivity contribution in [3.05, 3.63) is 177 Å². The lowest BCUT2D eigenvalue weighted by Gasteiger charge is -2.11. The monoisotopic (exact) mass is 622 g/mol. The van der Waals surface area contributed by atoms with Gasteiger partial charge in [0.15, 0.2) is 5.70 Å². The van der Waals surface area contributed by atoms with Gasteiger partial charge in [0, 0.05) is 39.6 Å². The van der Waals surface area contributed by atoms with E-state index in [1.54, 1.807) is 0 Å². The summed E-state index contributed by atoms with van der Waals surface area (Å²) in [7, 11) is 8.13. The van der Waals surface area contributed by atoms with Gasteiger partial charge < -0.3 is 9.80 Å². The van der Waals surface area contributed by atoms with Crippen molar-refractivity contribution in [2.24, 2.45) is 0 Å². The van der Waals surface area contributed by atoms with Crippen LogP contribution < -0.4 is 9.80 Å².